The Hall–Kier alpha value is -0.670. The molecule has 0 saturated carbocycles. The maximum atomic E-state index is 12.8. The normalized spacial score (nSPS) is 16.0. The van der Waals surface area contributed by atoms with Crippen LogP contribution in [0.3, 0.4) is 0 Å². The molecule has 0 spiro atoms. The largest absolute Gasteiger partial charge is 0.315 e. The van der Waals surface area contributed by atoms with Gasteiger partial charge in [-0.15, -0.1) is 10.2 Å². The van der Waals surface area contributed by atoms with Gasteiger partial charge in [-0.25, -0.2) is 8.42 Å². The first-order valence-corrected chi connectivity index (χ1v) is 8.90. The predicted octanol–water partition coefficient (Wildman–Crippen LogP) is 2.55. The number of sulfonamides is 1. The highest BCUT2D eigenvalue weighted by molar-refractivity contribution is 9.10. The summed E-state index contributed by atoms with van der Waals surface area (Å²) in [5.74, 6) is 0.592. The third-order valence-electron chi connectivity index (χ3n) is 3.16. The molecule has 3 rings (SSSR count). The fraction of sp³-hybridized carbons (Fsp3) is 0.273. The summed E-state index contributed by atoms with van der Waals surface area (Å²) in [6.45, 7) is 0.953. The molecule has 0 N–H and O–H groups in total. The van der Waals surface area contributed by atoms with Gasteiger partial charge in [-0.2, -0.15) is 4.31 Å². The first kappa shape index (κ1) is 15.2. The van der Waals surface area contributed by atoms with Gasteiger partial charge in [-0.1, -0.05) is 39.1 Å². The van der Waals surface area contributed by atoms with E-state index < -0.39 is 10.0 Å². The molecule has 10 heteroatoms. The van der Waals surface area contributed by atoms with Gasteiger partial charge in [0.2, 0.25) is 10.0 Å². The first-order chi connectivity index (χ1) is 9.89. The van der Waals surface area contributed by atoms with Crippen molar-refractivity contribution in [2.45, 2.75) is 18.0 Å². The van der Waals surface area contributed by atoms with Gasteiger partial charge in [0.15, 0.2) is 0 Å². The van der Waals surface area contributed by atoms with Crippen molar-refractivity contribution >= 4 is 49.2 Å². The molecule has 6 nitrogen and oxygen atoms in total. The quantitative estimate of drug-likeness (QED) is 0.761. The Morgan fingerprint density at radius 1 is 1.19 bits per heavy atom. The maximum absolute atomic E-state index is 12.8. The van der Waals surface area contributed by atoms with Gasteiger partial charge in [0.05, 0.1) is 16.6 Å². The second-order valence-corrected chi connectivity index (χ2v) is 8.08. The zero-order chi connectivity index (χ0) is 15.2. The Balaban J connectivity index is 2.03. The van der Waals surface area contributed by atoms with Crippen molar-refractivity contribution in [2.75, 3.05) is 6.54 Å². The van der Waals surface area contributed by atoms with E-state index in [-0.39, 0.29) is 21.5 Å². The molecule has 0 unspecified atom stereocenters. The summed E-state index contributed by atoms with van der Waals surface area (Å²) in [7, 11) is -3.79. The summed E-state index contributed by atoms with van der Waals surface area (Å²) in [6, 6.07) is 3.01. The smallest absolute Gasteiger partial charge is 0.246 e. The highest BCUT2D eigenvalue weighted by atomic mass is 79.9. The summed E-state index contributed by atoms with van der Waals surface area (Å²) in [4.78, 5) is -0.0815. The van der Waals surface area contributed by atoms with E-state index in [4.69, 9.17) is 23.2 Å². The molecular weight excluding hydrogens is 403 g/mol. The van der Waals surface area contributed by atoms with Crippen molar-refractivity contribution < 1.29 is 8.42 Å². The van der Waals surface area contributed by atoms with Gasteiger partial charge >= 0.3 is 0 Å². The number of rotatable bonds is 2. The number of nitrogens with zero attached hydrogens (tertiary/aromatic N) is 4. The Bertz CT molecular complexity index is 785. The monoisotopic (exact) mass is 410 g/mol. The van der Waals surface area contributed by atoms with E-state index in [1.807, 2.05) is 4.57 Å². The van der Waals surface area contributed by atoms with Crippen LogP contribution in [0.2, 0.25) is 10.0 Å². The first-order valence-electron chi connectivity index (χ1n) is 5.91. The number of benzene rings is 1. The fourth-order valence-electron chi connectivity index (χ4n) is 2.15. The number of aromatic nitrogens is 3. The van der Waals surface area contributed by atoms with Gasteiger partial charge in [0.1, 0.15) is 17.0 Å². The summed E-state index contributed by atoms with van der Waals surface area (Å²) in [5, 5.41) is 7.85. The van der Waals surface area contributed by atoms with Crippen molar-refractivity contribution in [3.05, 3.63) is 38.8 Å². The zero-order valence-corrected chi connectivity index (χ0v) is 14.4. The van der Waals surface area contributed by atoms with E-state index in [1.54, 1.807) is 6.33 Å². The van der Waals surface area contributed by atoms with Crippen LogP contribution in [0.5, 0.6) is 0 Å². The lowest BCUT2D eigenvalue weighted by molar-refractivity contribution is 0.335. The van der Waals surface area contributed by atoms with Crippen LogP contribution in [0.25, 0.3) is 0 Å². The summed E-state index contributed by atoms with van der Waals surface area (Å²) in [5.41, 5.74) is 0. The summed E-state index contributed by atoms with van der Waals surface area (Å²) in [6.07, 6.45) is 1.58. The van der Waals surface area contributed by atoms with Gasteiger partial charge in [-0.05, 0) is 12.1 Å². The topological polar surface area (TPSA) is 68.1 Å². The Labute approximate surface area is 139 Å². The van der Waals surface area contributed by atoms with Crippen molar-refractivity contribution in [3.8, 4) is 0 Å². The highest BCUT2D eigenvalue weighted by Crippen LogP contribution is 2.35. The molecule has 21 heavy (non-hydrogen) atoms. The minimum absolute atomic E-state index is 0.0815. The van der Waals surface area contributed by atoms with Crippen LogP contribution >= 0.6 is 39.1 Å². The van der Waals surface area contributed by atoms with E-state index in [0.29, 0.717) is 23.4 Å². The number of hydrogen-bond acceptors (Lipinski definition) is 4. The number of hydrogen-bond donors (Lipinski definition) is 0. The lowest BCUT2D eigenvalue weighted by Crippen LogP contribution is -2.38. The minimum atomic E-state index is -3.79. The van der Waals surface area contributed by atoms with E-state index in [1.165, 1.54) is 16.4 Å². The number of fused-ring (bicyclic) bond motifs is 1. The standard InChI is InChI=1S/C11H9BrCl2N4O2S/c12-7-3-8(13)11(9(14)4-7)21(19,20)18-2-1-17-6-15-16-10(17)5-18/h3-4,6H,1-2,5H2. The molecule has 112 valence electrons. The van der Waals surface area contributed by atoms with Crippen LogP contribution in [0.15, 0.2) is 27.8 Å². The van der Waals surface area contributed by atoms with E-state index in [0.717, 1.165) is 0 Å². The van der Waals surface area contributed by atoms with Gasteiger partial charge in [0, 0.05) is 17.6 Å². The lowest BCUT2D eigenvalue weighted by atomic mass is 10.4. The second-order valence-electron chi connectivity index (χ2n) is 4.48. The van der Waals surface area contributed by atoms with E-state index >= 15 is 0 Å². The van der Waals surface area contributed by atoms with Gasteiger partial charge in [-0.3, -0.25) is 0 Å². The molecule has 0 fully saturated rings. The Morgan fingerprint density at radius 3 is 2.52 bits per heavy atom. The minimum Gasteiger partial charge on any atom is -0.315 e. The molecule has 0 atom stereocenters. The molecule has 1 aromatic heterocycles. The molecule has 0 saturated heterocycles. The molecule has 0 amide bonds. The molecular formula is C11H9BrCl2N4O2S. The molecule has 1 aliphatic heterocycles. The van der Waals surface area contributed by atoms with Crippen LogP contribution in [0.4, 0.5) is 0 Å². The Kier molecular flexibility index (Phi) is 4.00. The molecule has 1 aromatic carbocycles. The van der Waals surface area contributed by atoms with Crippen molar-refractivity contribution in [1.29, 1.82) is 0 Å². The Morgan fingerprint density at radius 2 is 1.86 bits per heavy atom. The molecule has 1 aliphatic rings. The fourth-order valence-corrected chi connectivity index (χ4v) is 5.42. The molecule has 0 radical (unpaired) electrons. The van der Waals surface area contributed by atoms with Crippen LogP contribution in [-0.2, 0) is 23.1 Å². The maximum Gasteiger partial charge on any atom is 0.246 e. The number of halogens is 3. The summed E-state index contributed by atoms with van der Waals surface area (Å²) >= 11 is 15.4. The molecule has 0 bridgehead atoms. The van der Waals surface area contributed by atoms with Gasteiger partial charge in [0.25, 0.3) is 0 Å². The third-order valence-corrected chi connectivity index (χ3v) is 6.39. The third kappa shape index (κ3) is 2.70. The van der Waals surface area contributed by atoms with Crippen LogP contribution in [0, 0.1) is 0 Å². The molecule has 2 heterocycles. The van der Waals surface area contributed by atoms with E-state index in [2.05, 4.69) is 26.1 Å². The lowest BCUT2D eigenvalue weighted by Gasteiger charge is -2.27. The van der Waals surface area contributed by atoms with Crippen molar-refractivity contribution in [3.63, 3.8) is 0 Å². The average molecular weight is 412 g/mol. The second kappa shape index (κ2) is 5.51. The van der Waals surface area contributed by atoms with Crippen LogP contribution in [-0.4, -0.2) is 34.0 Å². The zero-order valence-electron chi connectivity index (χ0n) is 10.5. The van der Waals surface area contributed by atoms with Crippen LogP contribution in [0.1, 0.15) is 5.82 Å². The molecule has 0 aliphatic carbocycles. The van der Waals surface area contributed by atoms with Crippen molar-refractivity contribution in [2.24, 2.45) is 0 Å². The SMILES string of the molecule is O=S(=O)(c1c(Cl)cc(Br)cc1Cl)N1CCn2cnnc2C1. The highest BCUT2D eigenvalue weighted by Gasteiger charge is 2.32. The van der Waals surface area contributed by atoms with Crippen LogP contribution < -0.4 is 0 Å². The van der Waals surface area contributed by atoms with Gasteiger partial charge < -0.3 is 4.57 Å². The average Bonchev–Trinajstić information content (AvgIpc) is 2.83. The molecule has 2 aromatic rings. The summed E-state index contributed by atoms with van der Waals surface area (Å²) < 4.78 is 29.3. The predicted molar refractivity (Wildman–Crippen MR) is 81.8 cm³/mol. The van der Waals surface area contributed by atoms with E-state index in [9.17, 15) is 8.42 Å². The van der Waals surface area contributed by atoms with Crippen molar-refractivity contribution in [1.82, 2.24) is 19.1 Å².